The van der Waals surface area contributed by atoms with Crippen LogP contribution in [0.2, 0.25) is 0 Å². The molecule has 7 heteroatoms. The van der Waals surface area contributed by atoms with Crippen LogP contribution in [0, 0.1) is 0 Å². The summed E-state index contributed by atoms with van der Waals surface area (Å²) < 4.78 is 31.4. The van der Waals surface area contributed by atoms with Crippen LogP contribution in [0.25, 0.3) is 0 Å². The van der Waals surface area contributed by atoms with Crippen molar-refractivity contribution < 1.29 is 17.9 Å². The van der Waals surface area contributed by atoms with Gasteiger partial charge in [-0.2, -0.15) is 0 Å². The molecule has 3 rings (SSSR count). The van der Waals surface area contributed by atoms with Gasteiger partial charge in [-0.25, -0.2) is 12.7 Å². The summed E-state index contributed by atoms with van der Waals surface area (Å²) >= 11 is 0. The van der Waals surface area contributed by atoms with Crippen molar-refractivity contribution in [2.24, 2.45) is 0 Å². The number of carbonyl (C=O) groups is 1. The Balaban J connectivity index is 1.52. The maximum absolute atomic E-state index is 12.3. The van der Waals surface area contributed by atoms with Gasteiger partial charge in [0.25, 0.3) is 0 Å². The minimum Gasteiger partial charge on any atom is -0.490 e. The lowest BCUT2D eigenvalue weighted by Crippen LogP contribution is -2.22. The molecule has 1 N–H and O–H groups in total. The minimum absolute atomic E-state index is 0.115. The van der Waals surface area contributed by atoms with Crippen LogP contribution in [-0.2, 0) is 21.2 Å². The first-order chi connectivity index (χ1) is 13.8. The van der Waals surface area contributed by atoms with E-state index in [9.17, 15) is 13.2 Å². The van der Waals surface area contributed by atoms with Gasteiger partial charge in [0.15, 0.2) is 0 Å². The summed E-state index contributed by atoms with van der Waals surface area (Å²) in [7, 11) is -0.503. The van der Waals surface area contributed by atoms with Crippen LogP contribution in [0.15, 0.2) is 53.4 Å². The second-order valence-electron chi connectivity index (χ2n) is 7.53. The lowest BCUT2D eigenvalue weighted by atomic mass is 10.1. The first-order valence-corrected chi connectivity index (χ1v) is 11.4. The molecule has 156 valence electrons. The third-order valence-corrected chi connectivity index (χ3v) is 6.89. The number of ether oxygens (including phenoxy) is 1. The molecule has 1 amide bonds. The number of nitrogens with one attached hydrogen (secondary N) is 1. The molecule has 2 aromatic rings. The number of hydrogen-bond acceptors (Lipinski definition) is 4. The van der Waals surface area contributed by atoms with E-state index in [1.165, 1.54) is 39.1 Å². The lowest BCUT2D eigenvalue weighted by molar-refractivity contribution is -0.116. The fourth-order valence-corrected chi connectivity index (χ4v) is 4.28. The quantitative estimate of drug-likeness (QED) is 0.710. The monoisotopic (exact) mass is 416 g/mol. The molecule has 0 aromatic heterocycles. The van der Waals surface area contributed by atoms with Crippen LogP contribution in [0.4, 0.5) is 5.69 Å². The molecule has 0 atom stereocenters. The zero-order valence-electron chi connectivity index (χ0n) is 16.9. The van der Waals surface area contributed by atoms with Crippen LogP contribution in [0.1, 0.15) is 37.7 Å². The molecule has 0 saturated heterocycles. The molecule has 0 bridgehead atoms. The Morgan fingerprint density at radius 3 is 2.45 bits per heavy atom. The van der Waals surface area contributed by atoms with E-state index < -0.39 is 10.0 Å². The van der Waals surface area contributed by atoms with Crippen molar-refractivity contribution in [3.05, 3.63) is 54.1 Å². The predicted molar refractivity (Wildman–Crippen MR) is 114 cm³/mol. The molecular formula is C22H28N2O4S. The van der Waals surface area contributed by atoms with Gasteiger partial charge in [0.1, 0.15) is 5.75 Å². The molecule has 0 heterocycles. The van der Waals surface area contributed by atoms with Crippen molar-refractivity contribution in [1.82, 2.24) is 4.31 Å². The van der Waals surface area contributed by atoms with Gasteiger partial charge in [-0.1, -0.05) is 12.1 Å². The van der Waals surface area contributed by atoms with Crippen LogP contribution >= 0.6 is 0 Å². The van der Waals surface area contributed by atoms with Gasteiger partial charge in [-0.05, 0) is 74.1 Å². The van der Waals surface area contributed by atoms with E-state index >= 15 is 0 Å². The molecule has 1 aliphatic rings. The number of rotatable bonds is 8. The van der Waals surface area contributed by atoms with Crippen LogP contribution in [-0.4, -0.2) is 38.8 Å². The molecule has 1 saturated carbocycles. The number of carbonyl (C=O) groups excluding carboxylic acids is 1. The Hall–Kier alpha value is -2.38. The first kappa shape index (κ1) is 21.3. The van der Waals surface area contributed by atoms with E-state index in [0.717, 1.165) is 28.5 Å². The molecule has 2 aromatic carbocycles. The van der Waals surface area contributed by atoms with Crippen molar-refractivity contribution in [2.75, 3.05) is 19.4 Å². The van der Waals surface area contributed by atoms with Gasteiger partial charge in [0.2, 0.25) is 15.9 Å². The van der Waals surface area contributed by atoms with E-state index in [1.807, 2.05) is 24.3 Å². The largest absolute Gasteiger partial charge is 0.490 e. The third kappa shape index (κ3) is 5.81. The second kappa shape index (κ2) is 9.41. The summed E-state index contributed by atoms with van der Waals surface area (Å²) in [5.41, 5.74) is 1.63. The summed E-state index contributed by atoms with van der Waals surface area (Å²) in [5, 5.41) is 2.81. The molecular weight excluding hydrogens is 388 g/mol. The summed E-state index contributed by atoms with van der Waals surface area (Å²) in [6.45, 7) is 0. The number of hydrogen-bond donors (Lipinski definition) is 1. The van der Waals surface area contributed by atoms with Gasteiger partial charge >= 0.3 is 0 Å². The smallest absolute Gasteiger partial charge is 0.242 e. The number of amides is 1. The van der Waals surface area contributed by atoms with Gasteiger partial charge in [-0.3, -0.25) is 4.79 Å². The molecule has 0 radical (unpaired) electrons. The lowest BCUT2D eigenvalue weighted by Gasteiger charge is -2.14. The third-order valence-electron chi connectivity index (χ3n) is 5.06. The summed E-state index contributed by atoms with van der Waals surface area (Å²) in [4.78, 5) is 12.5. The zero-order valence-corrected chi connectivity index (χ0v) is 17.7. The average Bonchev–Trinajstić information content (AvgIpc) is 3.20. The summed E-state index contributed by atoms with van der Waals surface area (Å²) in [5.74, 6) is 0.753. The van der Waals surface area contributed by atoms with E-state index in [0.29, 0.717) is 24.6 Å². The van der Waals surface area contributed by atoms with E-state index in [-0.39, 0.29) is 10.8 Å². The Morgan fingerprint density at radius 1 is 1.10 bits per heavy atom. The molecule has 29 heavy (non-hydrogen) atoms. The van der Waals surface area contributed by atoms with Crippen molar-refractivity contribution >= 4 is 21.6 Å². The van der Waals surface area contributed by atoms with Crippen LogP contribution in [0.3, 0.4) is 0 Å². The Kier molecular flexibility index (Phi) is 6.92. The number of aryl methyl sites for hydroxylation is 1. The normalized spacial score (nSPS) is 14.9. The average molecular weight is 417 g/mol. The van der Waals surface area contributed by atoms with Gasteiger partial charge in [-0.15, -0.1) is 0 Å². The number of anilines is 1. The maximum atomic E-state index is 12.3. The molecule has 6 nitrogen and oxygen atoms in total. The van der Waals surface area contributed by atoms with Crippen molar-refractivity contribution in [1.29, 1.82) is 0 Å². The summed E-state index contributed by atoms with van der Waals surface area (Å²) in [6.07, 6.45) is 5.94. The Morgan fingerprint density at radius 2 is 1.79 bits per heavy atom. The van der Waals surface area contributed by atoms with Crippen molar-refractivity contribution in [2.45, 2.75) is 49.5 Å². The predicted octanol–water partition coefficient (Wildman–Crippen LogP) is 3.83. The number of sulfonamides is 1. The van der Waals surface area contributed by atoms with Crippen LogP contribution < -0.4 is 10.1 Å². The fourth-order valence-electron chi connectivity index (χ4n) is 3.38. The molecule has 0 unspecified atom stereocenters. The second-order valence-corrected chi connectivity index (χ2v) is 9.68. The van der Waals surface area contributed by atoms with Gasteiger partial charge < -0.3 is 10.1 Å². The maximum Gasteiger partial charge on any atom is 0.242 e. The van der Waals surface area contributed by atoms with E-state index in [2.05, 4.69) is 5.32 Å². The molecule has 1 aliphatic carbocycles. The highest BCUT2D eigenvalue weighted by atomic mass is 32.2. The topological polar surface area (TPSA) is 75.7 Å². The number of benzene rings is 2. The fraction of sp³-hybridized carbons (Fsp3) is 0.409. The van der Waals surface area contributed by atoms with Gasteiger partial charge in [0, 0.05) is 26.2 Å². The molecule has 0 spiro atoms. The highest BCUT2D eigenvalue weighted by molar-refractivity contribution is 7.89. The van der Waals surface area contributed by atoms with Crippen molar-refractivity contribution in [3.63, 3.8) is 0 Å². The Bertz CT molecular complexity index is 934. The Labute approximate surface area is 172 Å². The van der Waals surface area contributed by atoms with E-state index in [4.69, 9.17) is 4.74 Å². The first-order valence-electron chi connectivity index (χ1n) is 9.92. The minimum atomic E-state index is -3.47. The number of nitrogens with zero attached hydrogens (tertiary/aromatic N) is 1. The highest BCUT2D eigenvalue weighted by Crippen LogP contribution is 2.25. The van der Waals surface area contributed by atoms with Gasteiger partial charge in [0.05, 0.1) is 11.0 Å². The van der Waals surface area contributed by atoms with E-state index in [1.54, 1.807) is 12.1 Å². The SMILES string of the molecule is CN(C)S(=O)(=O)c1ccc(NC(=O)CCc2cccc(OC3CCCC3)c2)cc1. The zero-order chi connectivity index (χ0) is 20.9. The highest BCUT2D eigenvalue weighted by Gasteiger charge is 2.17. The standard InChI is InChI=1S/C22H28N2O4S/c1-24(2)29(26,27)21-13-11-18(12-14-21)23-22(25)15-10-17-6-5-9-20(16-17)28-19-7-3-4-8-19/h5-6,9,11-14,16,19H,3-4,7-8,10,15H2,1-2H3,(H,23,25). The molecule has 0 aliphatic heterocycles. The van der Waals surface area contributed by atoms with Crippen molar-refractivity contribution in [3.8, 4) is 5.75 Å². The van der Waals surface area contributed by atoms with Crippen LogP contribution in [0.5, 0.6) is 5.75 Å². The molecule has 1 fully saturated rings. The summed E-state index contributed by atoms with van der Waals surface area (Å²) in [6, 6.07) is 14.1.